The molecule has 1 aromatic carbocycles. The monoisotopic (exact) mass is 281 g/mol. The first-order valence-electron chi connectivity index (χ1n) is 7.27. The molecule has 1 saturated carbocycles. The molecule has 1 fully saturated rings. The number of ether oxygens (including phenoxy) is 1. The van der Waals surface area contributed by atoms with Crippen LogP contribution in [0.4, 0.5) is 0 Å². The molecule has 1 aliphatic carbocycles. The summed E-state index contributed by atoms with van der Waals surface area (Å²) in [6.07, 6.45) is 7.58. The van der Waals surface area contributed by atoms with Crippen molar-refractivity contribution in [2.75, 3.05) is 13.6 Å². The first-order valence-corrected chi connectivity index (χ1v) is 7.65. The van der Waals surface area contributed by atoms with Crippen molar-refractivity contribution in [2.45, 2.75) is 50.7 Å². The molecule has 0 unspecified atom stereocenters. The van der Waals surface area contributed by atoms with Gasteiger partial charge in [0.15, 0.2) is 0 Å². The number of hydrogen-bond acceptors (Lipinski definition) is 2. The van der Waals surface area contributed by atoms with Crippen LogP contribution in [0.25, 0.3) is 0 Å². The Kier molecular flexibility index (Phi) is 5.68. The van der Waals surface area contributed by atoms with Crippen LogP contribution in [-0.2, 0) is 11.3 Å². The molecule has 0 heterocycles. The van der Waals surface area contributed by atoms with Crippen molar-refractivity contribution in [3.05, 3.63) is 34.9 Å². The van der Waals surface area contributed by atoms with E-state index >= 15 is 0 Å². The van der Waals surface area contributed by atoms with Crippen molar-refractivity contribution in [2.24, 2.45) is 0 Å². The molecule has 2 rings (SSSR count). The molecule has 0 bridgehead atoms. The molecule has 106 valence electrons. The quantitative estimate of drug-likeness (QED) is 0.818. The first-order chi connectivity index (χ1) is 9.24. The molecule has 3 heteroatoms. The molecule has 1 aliphatic rings. The van der Waals surface area contributed by atoms with Gasteiger partial charge in [-0.05, 0) is 37.6 Å². The van der Waals surface area contributed by atoms with Crippen LogP contribution < -0.4 is 5.32 Å². The molecular weight excluding hydrogens is 258 g/mol. The molecule has 2 nitrogen and oxygen atoms in total. The van der Waals surface area contributed by atoms with Gasteiger partial charge >= 0.3 is 0 Å². The van der Waals surface area contributed by atoms with Crippen molar-refractivity contribution in [1.82, 2.24) is 5.32 Å². The van der Waals surface area contributed by atoms with E-state index < -0.39 is 0 Å². The maximum Gasteiger partial charge on any atom is 0.0810 e. The van der Waals surface area contributed by atoms with E-state index in [-0.39, 0.29) is 5.60 Å². The van der Waals surface area contributed by atoms with Crippen molar-refractivity contribution < 1.29 is 4.74 Å². The molecule has 0 aliphatic heterocycles. The lowest BCUT2D eigenvalue weighted by atomic mass is 9.94. The summed E-state index contributed by atoms with van der Waals surface area (Å²) < 4.78 is 6.31. The average Bonchev–Trinajstić information content (AvgIpc) is 2.65. The highest BCUT2D eigenvalue weighted by Crippen LogP contribution is 2.31. The van der Waals surface area contributed by atoms with Gasteiger partial charge in [0.1, 0.15) is 0 Å². The third-order valence-corrected chi connectivity index (χ3v) is 4.22. The largest absolute Gasteiger partial charge is 0.369 e. The highest BCUT2D eigenvalue weighted by atomic mass is 35.5. The second-order valence-corrected chi connectivity index (χ2v) is 5.98. The summed E-state index contributed by atoms with van der Waals surface area (Å²) in [7, 11) is 2.01. The molecule has 0 radical (unpaired) electrons. The zero-order valence-electron chi connectivity index (χ0n) is 11.8. The zero-order chi connectivity index (χ0) is 13.6. The Bertz CT molecular complexity index is 369. The van der Waals surface area contributed by atoms with Gasteiger partial charge < -0.3 is 10.1 Å². The highest BCUT2D eigenvalue weighted by molar-refractivity contribution is 6.30. The summed E-state index contributed by atoms with van der Waals surface area (Å²) >= 11 is 5.91. The van der Waals surface area contributed by atoms with Crippen LogP contribution in [0.1, 0.15) is 44.1 Å². The number of nitrogens with one attached hydrogen (secondary N) is 1. The standard InChI is InChI=1S/C16H24ClNO/c1-18-13-16(10-4-2-3-5-11-16)19-12-14-6-8-15(17)9-7-14/h6-9,18H,2-5,10-13H2,1H3. The summed E-state index contributed by atoms with van der Waals surface area (Å²) in [6, 6.07) is 7.95. The van der Waals surface area contributed by atoms with Gasteiger partial charge in [-0.2, -0.15) is 0 Å². The molecule has 19 heavy (non-hydrogen) atoms. The second-order valence-electron chi connectivity index (χ2n) is 5.54. The Hall–Kier alpha value is -0.570. The topological polar surface area (TPSA) is 21.3 Å². The van der Waals surface area contributed by atoms with E-state index in [0.717, 1.165) is 11.6 Å². The number of hydrogen-bond donors (Lipinski definition) is 1. The van der Waals surface area contributed by atoms with Crippen LogP contribution in [0.2, 0.25) is 5.02 Å². The van der Waals surface area contributed by atoms with Gasteiger partial charge in [0.05, 0.1) is 12.2 Å². The van der Waals surface area contributed by atoms with E-state index in [1.807, 2.05) is 31.3 Å². The number of rotatable bonds is 5. The number of halogens is 1. The van der Waals surface area contributed by atoms with E-state index in [1.165, 1.54) is 44.1 Å². The van der Waals surface area contributed by atoms with Crippen molar-refractivity contribution in [3.8, 4) is 0 Å². The summed E-state index contributed by atoms with van der Waals surface area (Å²) in [4.78, 5) is 0. The lowest BCUT2D eigenvalue weighted by Crippen LogP contribution is -2.41. The fourth-order valence-corrected chi connectivity index (χ4v) is 3.01. The lowest BCUT2D eigenvalue weighted by molar-refractivity contribution is -0.0645. The molecule has 1 aromatic rings. The molecule has 0 aromatic heterocycles. The Balaban J connectivity index is 1.97. The predicted molar refractivity (Wildman–Crippen MR) is 80.6 cm³/mol. The fraction of sp³-hybridized carbons (Fsp3) is 0.625. The maximum absolute atomic E-state index is 6.31. The molecule has 1 N–H and O–H groups in total. The van der Waals surface area contributed by atoms with E-state index in [1.54, 1.807) is 0 Å². The van der Waals surface area contributed by atoms with Crippen molar-refractivity contribution in [1.29, 1.82) is 0 Å². The van der Waals surface area contributed by atoms with E-state index in [0.29, 0.717) is 6.61 Å². The number of benzene rings is 1. The normalized spacial score (nSPS) is 19.1. The first kappa shape index (κ1) is 14.8. The van der Waals surface area contributed by atoms with Crippen LogP contribution in [-0.4, -0.2) is 19.2 Å². The Morgan fingerprint density at radius 1 is 1.11 bits per heavy atom. The van der Waals surface area contributed by atoms with Gasteiger partial charge in [-0.25, -0.2) is 0 Å². The molecular formula is C16H24ClNO. The minimum atomic E-state index is 0.0187. The molecule has 0 atom stereocenters. The highest BCUT2D eigenvalue weighted by Gasteiger charge is 2.31. The third kappa shape index (κ3) is 4.48. The minimum absolute atomic E-state index is 0.0187. The minimum Gasteiger partial charge on any atom is -0.369 e. The SMILES string of the molecule is CNCC1(OCc2ccc(Cl)cc2)CCCCCC1. The molecule has 0 amide bonds. The second kappa shape index (κ2) is 7.28. The Labute approximate surface area is 121 Å². The summed E-state index contributed by atoms with van der Waals surface area (Å²) in [5.74, 6) is 0. The smallest absolute Gasteiger partial charge is 0.0810 e. The molecule has 0 saturated heterocycles. The van der Waals surface area contributed by atoms with Crippen LogP contribution in [0, 0.1) is 0 Å². The van der Waals surface area contributed by atoms with E-state index in [9.17, 15) is 0 Å². The van der Waals surface area contributed by atoms with Gasteiger partial charge in [0.2, 0.25) is 0 Å². The lowest BCUT2D eigenvalue weighted by Gasteiger charge is -2.33. The number of likely N-dealkylation sites (N-methyl/N-ethyl adjacent to an activating group) is 1. The predicted octanol–water partition coefficient (Wildman–Crippen LogP) is 4.17. The Morgan fingerprint density at radius 2 is 1.74 bits per heavy atom. The van der Waals surface area contributed by atoms with Gasteiger partial charge in [-0.3, -0.25) is 0 Å². The average molecular weight is 282 g/mol. The van der Waals surface area contributed by atoms with Gasteiger partial charge in [0, 0.05) is 11.6 Å². The van der Waals surface area contributed by atoms with E-state index in [4.69, 9.17) is 16.3 Å². The van der Waals surface area contributed by atoms with Gasteiger partial charge in [0.25, 0.3) is 0 Å². The Morgan fingerprint density at radius 3 is 2.32 bits per heavy atom. The van der Waals surface area contributed by atoms with Crippen LogP contribution >= 0.6 is 11.6 Å². The third-order valence-electron chi connectivity index (χ3n) is 3.97. The summed E-state index contributed by atoms with van der Waals surface area (Å²) in [5, 5.41) is 4.09. The van der Waals surface area contributed by atoms with Crippen LogP contribution in [0.15, 0.2) is 24.3 Å². The summed E-state index contributed by atoms with van der Waals surface area (Å²) in [5.41, 5.74) is 1.22. The van der Waals surface area contributed by atoms with Crippen molar-refractivity contribution in [3.63, 3.8) is 0 Å². The molecule has 0 spiro atoms. The zero-order valence-corrected chi connectivity index (χ0v) is 12.5. The van der Waals surface area contributed by atoms with Crippen LogP contribution in [0.3, 0.4) is 0 Å². The van der Waals surface area contributed by atoms with E-state index in [2.05, 4.69) is 5.32 Å². The summed E-state index contributed by atoms with van der Waals surface area (Å²) in [6.45, 7) is 1.62. The maximum atomic E-state index is 6.31. The fourth-order valence-electron chi connectivity index (χ4n) is 2.88. The van der Waals surface area contributed by atoms with Crippen molar-refractivity contribution >= 4 is 11.6 Å². The van der Waals surface area contributed by atoms with Gasteiger partial charge in [-0.15, -0.1) is 0 Å². The van der Waals surface area contributed by atoms with Crippen LogP contribution in [0.5, 0.6) is 0 Å². The van der Waals surface area contributed by atoms with Gasteiger partial charge in [-0.1, -0.05) is 49.4 Å².